The van der Waals surface area contributed by atoms with Crippen LogP contribution in [0.15, 0.2) is 66.7 Å². The molecule has 0 unspecified atom stereocenters. The molecular weight excluding hydrogens is 639 g/mol. The molecule has 0 amide bonds. The molecule has 0 aromatic heterocycles. The van der Waals surface area contributed by atoms with Gasteiger partial charge in [-0.3, -0.25) is 0 Å². The minimum absolute atomic E-state index is 0.0559. The molecule has 0 N–H and O–H groups in total. The maximum Gasteiger partial charge on any atom is 0.252 e. The van der Waals surface area contributed by atoms with Gasteiger partial charge in [0.05, 0.1) is 11.4 Å². The Balaban J connectivity index is 1.26. The summed E-state index contributed by atoms with van der Waals surface area (Å²) in [6.07, 6.45) is 14.7. The van der Waals surface area contributed by atoms with E-state index in [1.54, 1.807) is 44.5 Å². The highest BCUT2D eigenvalue weighted by atomic mass is 15.2. The van der Waals surface area contributed by atoms with Crippen LogP contribution >= 0.6 is 0 Å². The largest absolute Gasteiger partial charge is 0.311 e. The van der Waals surface area contributed by atoms with Crippen molar-refractivity contribution in [1.82, 2.24) is 0 Å². The molecule has 2 nitrogen and oxygen atoms in total. The van der Waals surface area contributed by atoms with Crippen LogP contribution in [-0.4, -0.2) is 6.71 Å². The van der Waals surface area contributed by atoms with Crippen LogP contribution in [0, 0.1) is 0 Å². The molecule has 6 aliphatic rings. The zero-order valence-electron chi connectivity index (χ0n) is 32.8. The normalized spacial score (nSPS) is 17.7. The van der Waals surface area contributed by atoms with Crippen LogP contribution in [0.3, 0.4) is 0 Å². The van der Waals surface area contributed by atoms with Gasteiger partial charge < -0.3 is 9.80 Å². The number of anilines is 6. The van der Waals surface area contributed by atoms with Crippen LogP contribution < -0.4 is 26.2 Å². The summed E-state index contributed by atoms with van der Waals surface area (Å²) in [5, 5.41) is 0. The second kappa shape index (κ2) is 11.2. The number of benzene rings is 5. The van der Waals surface area contributed by atoms with Crippen molar-refractivity contribution in [3.8, 4) is 0 Å². The number of aryl methyl sites for hydroxylation is 4. The third-order valence-corrected chi connectivity index (χ3v) is 14.1. The molecule has 2 aliphatic heterocycles. The van der Waals surface area contributed by atoms with Gasteiger partial charge in [0.2, 0.25) is 0 Å². The summed E-state index contributed by atoms with van der Waals surface area (Å²) < 4.78 is 0. The Bertz CT molecular complexity index is 2170. The Hall–Kier alpha value is -4.24. The summed E-state index contributed by atoms with van der Waals surface area (Å²) >= 11 is 0. The first kappa shape index (κ1) is 32.2. The third kappa shape index (κ3) is 4.58. The molecule has 5 aromatic carbocycles. The SMILES string of the molecule is CC(C)(C)c1ccc2c(c1)N(c1c3c(cc4c1CCC4)CCC3)c1cccc3c1B2c1ccc(C(C)(C)C)cc1N3c1c2c(cc3c1CCC3)CCC2. The lowest BCUT2D eigenvalue weighted by atomic mass is 9.33. The quantitative estimate of drug-likeness (QED) is 0.167. The van der Waals surface area contributed by atoms with Gasteiger partial charge in [0.1, 0.15) is 0 Å². The van der Waals surface area contributed by atoms with E-state index in [2.05, 4.69) is 118 Å². The molecule has 0 fully saturated rings. The van der Waals surface area contributed by atoms with Crippen molar-refractivity contribution in [1.29, 1.82) is 0 Å². The van der Waals surface area contributed by atoms with Crippen molar-refractivity contribution in [3.05, 3.63) is 122 Å². The highest BCUT2D eigenvalue weighted by molar-refractivity contribution is 7.00. The molecule has 0 atom stereocenters. The molecule has 0 saturated heterocycles. The van der Waals surface area contributed by atoms with E-state index in [9.17, 15) is 0 Å². The van der Waals surface area contributed by atoms with Gasteiger partial charge >= 0.3 is 0 Å². The van der Waals surface area contributed by atoms with E-state index in [1.165, 1.54) is 139 Å². The van der Waals surface area contributed by atoms with Gasteiger partial charge in [-0.2, -0.15) is 0 Å². The number of hydrogen-bond donors (Lipinski definition) is 0. The van der Waals surface area contributed by atoms with Crippen LogP contribution in [0.25, 0.3) is 0 Å². The average molecular weight is 693 g/mol. The summed E-state index contributed by atoms with van der Waals surface area (Å²) in [7, 11) is 0. The van der Waals surface area contributed by atoms with Gasteiger partial charge in [-0.15, -0.1) is 0 Å². The van der Waals surface area contributed by atoms with Crippen LogP contribution in [0.1, 0.15) is 123 Å². The fourth-order valence-corrected chi connectivity index (χ4v) is 11.5. The summed E-state index contributed by atoms with van der Waals surface area (Å²) in [6.45, 7) is 14.5. The first-order chi connectivity index (χ1) is 25.6. The smallest absolute Gasteiger partial charge is 0.252 e. The molecule has 3 heteroatoms. The van der Waals surface area contributed by atoms with Crippen molar-refractivity contribution in [2.75, 3.05) is 9.80 Å². The lowest BCUT2D eigenvalue weighted by Crippen LogP contribution is -2.61. The molecule has 0 spiro atoms. The number of fused-ring (bicyclic) bond motifs is 8. The van der Waals surface area contributed by atoms with Crippen LogP contribution in [0.5, 0.6) is 0 Å². The predicted octanol–water partition coefficient (Wildman–Crippen LogP) is 10.3. The summed E-state index contributed by atoms with van der Waals surface area (Å²) in [6, 6.07) is 27.7. The molecule has 0 bridgehead atoms. The van der Waals surface area contributed by atoms with Gasteiger partial charge in [0.15, 0.2) is 0 Å². The summed E-state index contributed by atoms with van der Waals surface area (Å²) in [5.41, 5.74) is 29.0. The van der Waals surface area contributed by atoms with Crippen LogP contribution in [0.4, 0.5) is 34.1 Å². The van der Waals surface area contributed by atoms with E-state index in [-0.39, 0.29) is 17.5 Å². The van der Waals surface area contributed by atoms with Crippen molar-refractivity contribution in [2.45, 2.75) is 129 Å². The molecule has 0 saturated carbocycles. The van der Waals surface area contributed by atoms with Crippen molar-refractivity contribution < 1.29 is 0 Å². The zero-order chi connectivity index (χ0) is 36.0. The molecule has 53 heavy (non-hydrogen) atoms. The first-order valence-electron chi connectivity index (χ1n) is 20.9. The molecule has 2 heterocycles. The van der Waals surface area contributed by atoms with E-state index < -0.39 is 0 Å². The number of nitrogens with zero attached hydrogens (tertiary/aromatic N) is 2. The first-order valence-corrected chi connectivity index (χ1v) is 20.9. The summed E-state index contributed by atoms with van der Waals surface area (Å²) in [4.78, 5) is 5.61. The molecular formula is C50H53BN2. The lowest BCUT2D eigenvalue weighted by molar-refractivity contribution is 0.590. The molecule has 266 valence electrons. The van der Waals surface area contributed by atoms with Gasteiger partial charge in [-0.05, 0) is 184 Å². The van der Waals surface area contributed by atoms with Crippen molar-refractivity contribution >= 4 is 57.2 Å². The second-order valence-electron chi connectivity index (χ2n) is 19.3. The van der Waals surface area contributed by atoms with Gasteiger partial charge in [-0.25, -0.2) is 0 Å². The average Bonchev–Trinajstić information content (AvgIpc) is 3.96. The maximum absolute atomic E-state index is 2.81. The fourth-order valence-electron chi connectivity index (χ4n) is 11.5. The van der Waals surface area contributed by atoms with E-state index in [1.807, 2.05) is 0 Å². The molecule has 4 aliphatic carbocycles. The predicted molar refractivity (Wildman–Crippen MR) is 226 cm³/mol. The molecule has 0 radical (unpaired) electrons. The Morgan fingerprint density at radius 2 is 0.811 bits per heavy atom. The van der Waals surface area contributed by atoms with Gasteiger partial charge in [0, 0.05) is 22.7 Å². The molecule has 11 rings (SSSR count). The Labute approximate surface area is 317 Å². The van der Waals surface area contributed by atoms with Gasteiger partial charge in [-0.1, -0.05) is 84.0 Å². The second-order valence-corrected chi connectivity index (χ2v) is 19.3. The number of rotatable bonds is 2. The minimum atomic E-state index is 0.0559. The summed E-state index contributed by atoms with van der Waals surface area (Å²) in [5.74, 6) is 0. The molecule has 5 aromatic rings. The standard InChI is InChI=1S/C50H53BN2/c1-49(2,3)34-22-24-40-44(28-34)52(47-36-16-7-12-30(36)26-31-13-8-17-37(31)47)42-20-11-21-43-46(42)51(40)41-25-23-35(50(4,5)6)29-45(41)53(43)48-38-18-9-14-32(38)27-33-15-10-19-39(33)48/h11,20-29H,7-10,12-19H2,1-6H3. The van der Waals surface area contributed by atoms with Crippen LogP contribution in [-0.2, 0) is 62.2 Å². The van der Waals surface area contributed by atoms with E-state index in [4.69, 9.17) is 0 Å². The fraction of sp³-hybridized carbons (Fsp3) is 0.400. The Morgan fingerprint density at radius 1 is 0.434 bits per heavy atom. The van der Waals surface area contributed by atoms with Crippen molar-refractivity contribution in [3.63, 3.8) is 0 Å². The van der Waals surface area contributed by atoms with Gasteiger partial charge in [0.25, 0.3) is 6.71 Å². The minimum Gasteiger partial charge on any atom is -0.311 e. The van der Waals surface area contributed by atoms with E-state index in [0.29, 0.717) is 0 Å². The van der Waals surface area contributed by atoms with Crippen molar-refractivity contribution in [2.24, 2.45) is 0 Å². The van der Waals surface area contributed by atoms with Crippen LogP contribution in [0.2, 0.25) is 0 Å². The highest BCUT2D eigenvalue weighted by Crippen LogP contribution is 2.52. The maximum atomic E-state index is 2.81. The lowest BCUT2D eigenvalue weighted by Gasteiger charge is -2.46. The highest BCUT2D eigenvalue weighted by Gasteiger charge is 2.46. The zero-order valence-corrected chi connectivity index (χ0v) is 32.8. The number of hydrogen-bond acceptors (Lipinski definition) is 2. The Kier molecular flexibility index (Phi) is 6.78. The topological polar surface area (TPSA) is 6.48 Å². The monoisotopic (exact) mass is 692 g/mol. The van der Waals surface area contributed by atoms with E-state index in [0.717, 1.165) is 0 Å². The van der Waals surface area contributed by atoms with E-state index >= 15 is 0 Å². The Morgan fingerprint density at radius 3 is 1.17 bits per heavy atom. The third-order valence-electron chi connectivity index (χ3n) is 14.1.